The number of aromatic nitrogens is 3. The van der Waals surface area contributed by atoms with Gasteiger partial charge in [-0.05, 0) is 30.3 Å². The smallest absolute Gasteiger partial charge is 0.335 e. The van der Waals surface area contributed by atoms with Gasteiger partial charge < -0.3 is 10.4 Å². The molecule has 0 spiro atoms. The normalized spacial score (nSPS) is 10.6. The Bertz CT molecular complexity index is 963. The van der Waals surface area contributed by atoms with Crippen LogP contribution in [0.4, 0.5) is 5.69 Å². The van der Waals surface area contributed by atoms with Crippen LogP contribution in [0.3, 0.4) is 0 Å². The molecule has 0 aliphatic heterocycles. The predicted molar refractivity (Wildman–Crippen MR) is 89.9 cm³/mol. The number of rotatable bonds is 3. The Morgan fingerprint density at radius 3 is 2.67 bits per heavy atom. The molecular formula is C16H13ClN4O3. The van der Waals surface area contributed by atoms with Gasteiger partial charge in [0.25, 0.3) is 5.91 Å². The summed E-state index contributed by atoms with van der Waals surface area (Å²) in [5.74, 6) is -0.603. The first kappa shape index (κ1) is 15.8. The second kappa shape index (κ2) is 6.21. The first-order valence-electron chi connectivity index (χ1n) is 6.97. The van der Waals surface area contributed by atoms with Gasteiger partial charge >= 0.3 is 5.69 Å². The summed E-state index contributed by atoms with van der Waals surface area (Å²) in [7, 11) is 1.52. The number of hydrogen-bond donors (Lipinski definition) is 2. The summed E-state index contributed by atoms with van der Waals surface area (Å²) in [6.45, 7) is 0. The Morgan fingerprint density at radius 1 is 1.29 bits per heavy atom. The Morgan fingerprint density at radius 2 is 2.08 bits per heavy atom. The zero-order chi connectivity index (χ0) is 17.3. The van der Waals surface area contributed by atoms with Gasteiger partial charge in [-0.2, -0.15) is 0 Å². The van der Waals surface area contributed by atoms with E-state index in [1.807, 2.05) is 0 Å². The van der Waals surface area contributed by atoms with Crippen LogP contribution in [0, 0.1) is 0 Å². The lowest BCUT2D eigenvalue weighted by molar-refractivity contribution is 0.102. The van der Waals surface area contributed by atoms with Gasteiger partial charge in [0.05, 0.1) is 16.9 Å². The fraction of sp³-hybridized carbons (Fsp3) is 0.0625. The highest BCUT2D eigenvalue weighted by Gasteiger charge is 2.14. The molecule has 1 amide bonds. The van der Waals surface area contributed by atoms with Gasteiger partial charge in [-0.3, -0.25) is 14.3 Å². The van der Waals surface area contributed by atoms with Crippen molar-refractivity contribution in [2.75, 3.05) is 5.32 Å². The highest BCUT2D eigenvalue weighted by molar-refractivity contribution is 6.32. The van der Waals surface area contributed by atoms with Crippen LogP contribution < -0.4 is 11.0 Å². The lowest BCUT2D eigenvalue weighted by Crippen LogP contribution is -2.21. The average molecular weight is 345 g/mol. The number of anilines is 1. The van der Waals surface area contributed by atoms with Gasteiger partial charge in [0.15, 0.2) is 0 Å². The van der Waals surface area contributed by atoms with Crippen LogP contribution in [0.25, 0.3) is 5.69 Å². The van der Waals surface area contributed by atoms with E-state index in [0.29, 0.717) is 11.4 Å². The quantitative estimate of drug-likeness (QED) is 0.762. The third-order valence-corrected chi connectivity index (χ3v) is 3.68. The number of nitrogens with one attached hydrogen (secondary N) is 1. The number of hydrogen-bond acceptors (Lipinski definition) is 4. The van der Waals surface area contributed by atoms with Gasteiger partial charge in [0.1, 0.15) is 5.69 Å². The van der Waals surface area contributed by atoms with Crippen LogP contribution in [-0.4, -0.2) is 25.1 Å². The van der Waals surface area contributed by atoms with Crippen molar-refractivity contribution < 1.29 is 9.90 Å². The van der Waals surface area contributed by atoms with Crippen molar-refractivity contribution in [2.24, 2.45) is 7.05 Å². The minimum atomic E-state index is -0.431. The van der Waals surface area contributed by atoms with Crippen molar-refractivity contribution in [3.63, 3.8) is 0 Å². The number of aryl methyl sites for hydroxylation is 1. The molecule has 0 radical (unpaired) electrons. The number of halogens is 1. The second-order valence-electron chi connectivity index (χ2n) is 5.05. The first-order valence-corrected chi connectivity index (χ1v) is 7.35. The number of nitrogens with zero attached hydrogens (tertiary/aromatic N) is 3. The Hall–Kier alpha value is -3.06. The monoisotopic (exact) mass is 344 g/mol. The molecule has 1 aromatic carbocycles. The highest BCUT2D eigenvalue weighted by Crippen LogP contribution is 2.26. The average Bonchev–Trinajstić information content (AvgIpc) is 2.81. The van der Waals surface area contributed by atoms with Crippen molar-refractivity contribution in [3.05, 3.63) is 70.0 Å². The summed E-state index contributed by atoms with van der Waals surface area (Å²) in [5.41, 5.74) is 0.604. The summed E-state index contributed by atoms with van der Waals surface area (Å²) in [5, 5.41) is 12.7. The van der Waals surface area contributed by atoms with Crippen molar-refractivity contribution in [1.29, 1.82) is 0 Å². The molecule has 0 unspecified atom stereocenters. The van der Waals surface area contributed by atoms with Crippen LogP contribution >= 0.6 is 11.6 Å². The molecule has 0 atom stereocenters. The van der Waals surface area contributed by atoms with Crippen LogP contribution in [-0.2, 0) is 7.05 Å². The van der Waals surface area contributed by atoms with Crippen molar-refractivity contribution in [1.82, 2.24) is 14.1 Å². The molecule has 2 heterocycles. The Kier molecular flexibility index (Phi) is 4.09. The van der Waals surface area contributed by atoms with Gasteiger partial charge in [-0.1, -0.05) is 17.7 Å². The Labute approximate surface area is 141 Å². The van der Waals surface area contributed by atoms with E-state index in [0.717, 1.165) is 4.57 Å². The van der Waals surface area contributed by atoms with Crippen LogP contribution in [0.2, 0.25) is 5.02 Å². The van der Waals surface area contributed by atoms with E-state index < -0.39 is 5.69 Å². The van der Waals surface area contributed by atoms with Crippen LogP contribution in [0.1, 0.15) is 10.5 Å². The van der Waals surface area contributed by atoms with E-state index in [1.54, 1.807) is 24.3 Å². The van der Waals surface area contributed by atoms with Gasteiger partial charge in [-0.15, -0.1) is 0 Å². The van der Waals surface area contributed by atoms with Gasteiger partial charge in [0, 0.05) is 18.9 Å². The highest BCUT2D eigenvalue weighted by atomic mass is 35.5. The van der Waals surface area contributed by atoms with Gasteiger partial charge in [-0.25, -0.2) is 9.36 Å². The van der Waals surface area contributed by atoms with E-state index in [1.165, 1.54) is 36.1 Å². The molecule has 0 aliphatic rings. The maximum Gasteiger partial charge on any atom is 0.335 e. The first-order chi connectivity index (χ1) is 11.5. The Balaban J connectivity index is 1.91. The molecule has 122 valence electrons. The molecule has 0 bridgehead atoms. The fourth-order valence-electron chi connectivity index (χ4n) is 2.23. The molecule has 24 heavy (non-hydrogen) atoms. The third kappa shape index (κ3) is 2.89. The summed E-state index contributed by atoms with van der Waals surface area (Å²) in [6, 6.07) is 9.64. The van der Waals surface area contributed by atoms with E-state index >= 15 is 0 Å². The van der Waals surface area contributed by atoms with Crippen molar-refractivity contribution in [3.8, 4) is 11.6 Å². The van der Waals surface area contributed by atoms with E-state index in [4.69, 9.17) is 11.6 Å². The van der Waals surface area contributed by atoms with Crippen LogP contribution in [0.15, 0.2) is 53.6 Å². The van der Waals surface area contributed by atoms with Crippen molar-refractivity contribution >= 4 is 23.2 Å². The number of aromatic hydroxyl groups is 1. The SMILES string of the molecule is Cn1cc(O)n(-c2ccc(NC(=O)c3ccccn3)cc2Cl)c1=O. The minimum absolute atomic E-state index is 0.206. The molecule has 0 fully saturated rings. The van der Waals surface area contributed by atoms with Crippen LogP contribution in [0.5, 0.6) is 5.88 Å². The van der Waals surface area contributed by atoms with E-state index in [-0.39, 0.29) is 22.5 Å². The number of benzene rings is 1. The number of imidazole rings is 1. The maximum absolute atomic E-state index is 12.1. The summed E-state index contributed by atoms with van der Waals surface area (Å²) < 4.78 is 2.31. The fourth-order valence-corrected chi connectivity index (χ4v) is 2.49. The largest absolute Gasteiger partial charge is 0.493 e. The predicted octanol–water partition coefficient (Wildman–Crippen LogP) is 2.18. The summed E-state index contributed by atoms with van der Waals surface area (Å²) in [6.07, 6.45) is 2.81. The molecule has 0 aliphatic carbocycles. The number of carbonyl (C=O) groups excluding carboxylic acids is 1. The number of pyridine rings is 1. The number of carbonyl (C=O) groups is 1. The maximum atomic E-state index is 12.1. The number of amides is 1. The zero-order valence-corrected chi connectivity index (χ0v) is 13.4. The molecule has 0 saturated carbocycles. The van der Waals surface area contributed by atoms with E-state index in [9.17, 15) is 14.7 Å². The molecular weight excluding hydrogens is 332 g/mol. The zero-order valence-electron chi connectivity index (χ0n) is 12.6. The van der Waals surface area contributed by atoms with E-state index in [2.05, 4.69) is 10.3 Å². The molecule has 0 saturated heterocycles. The lowest BCUT2D eigenvalue weighted by Gasteiger charge is -2.09. The molecule has 3 rings (SSSR count). The molecule has 2 N–H and O–H groups in total. The molecule has 8 heteroatoms. The van der Waals surface area contributed by atoms with Crippen molar-refractivity contribution in [2.45, 2.75) is 0 Å². The minimum Gasteiger partial charge on any atom is -0.493 e. The summed E-state index contributed by atoms with van der Waals surface area (Å²) >= 11 is 6.20. The third-order valence-electron chi connectivity index (χ3n) is 3.38. The summed E-state index contributed by atoms with van der Waals surface area (Å²) in [4.78, 5) is 28.1. The standard InChI is InChI=1S/C16H13ClN4O3/c1-20-9-14(22)21(16(20)24)13-6-5-10(8-11(13)17)19-15(23)12-4-2-3-7-18-12/h2-9,22H,1H3,(H,19,23). The second-order valence-corrected chi connectivity index (χ2v) is 5.46. The molecule has 3 aromatic rings. The topological polar surface area (TPSA) is 89.2 Å². The molecule has 2 aromatic heterocycles. The molecule has 7 nitrogen and oxygen atoms in total. The lowest BCUT2D eigenvalue weighted by atomic mass is 10.2. The van der Waals surface area contributed by atoms with Gasteiger partial charge in [0.2, 0.25) is 5.88 Å².